The van der Waals surface area contributed by atoms with E-state index in [9.17, 15) is 0 Å². The maximum absolute atomic E-state index is 3.47. The third-order valence-electron chi connectivity index (χ3n) is 3.43. The summed E-state index contributed by atoms with van der Waals surface area (Å²) in [7, 11) is 0. The first-order valence-corrected chi connectivity index (χ1v) is 7.56. The fourth-order valence-electron chi connectivity index (χ4n) is 2.47. The molecule has 0 spiro atoms. The van der Waals surface area contributed by atoms with Crippen molar-refractivity contribution in [2.45, 2.75) is 32.4 Å². The summed E-state index contributed by atoms with van der Waals surface area (Å²) < 4.78 is 1.32. The first kappa shape index (κ1) is 13.3. The molecule has 17 heavy (non-hydrogen) atoms. The smallest absolute Gasteiger partial charge is 0.0237 e. The van der Waals surface area contributed by atoms with Crippen molar-refractivity contribution in [3.05, 3.63) is 33.4 Å². The van der Waals surface area contributed by atoms with Gasteiger partial charge in [0.25, 0.3) is 0 Å². The normalized spacial score (nSPS) is 20.9. The summed E-state index contributed by atoms with van der Waals surface area (Å²) in [6.45, 7) is 6.75. The number of hydrogen-bond donors (Lipinski definition) is 1. The maximum Gasteiger partial charge on any atom is 0.0237 e. The molecule has 1 atom stereocenters. The summed E-state index contributed by atoms with van der Waals surface area (Å²) in [6, 6.07) is 9.64. The van der Waals surface area contributed by atoms with E-state index in [0.29, 0.717) is 0 Å². The minimum Gasteiger partial charge on any atom is -0.315 e. The Kier molecular flexibility index (Phi) is 5.25. The van der Waals surface area contributed by atoms with Gasteiger partial charge in [-0.2, -0.15) is 0 Å². The van der Waals surface area contributed by atoms with Gasteiger partial charge in [-0.3, -0.25) is 4.90 Å². The molecule has 3 heteroatoms. The third-order valence-corrected chi connectivity index (χ3v) is 4.15. The van der Waals surface area contributed by atoms with Crippen molar-refractivity contribution in [1.29, 1.82) is 0 Å². The summed E-state index contributed by atoms with van der Waals surface area (Å²) in [5, 5.41) is 3.47. The molecule has 1 aliphatic heterocycles. The predicted molar refractivity (Wildman–Crippen MR) is 81.1 cm³/mol. The van der Waals surface area contributed by atoms with Gasteiger partial charge in [-0.1, -0.05) is 19.1 Å². The Balaban J connectivity index is 1.90. The number of halogens is 1. The van der Waals surface area contributed by atoms with Crippen molar-refractivity contribution in [2.24, 2.45) is 0 Å². The number of nitrogens with one attached hydrogen (secondary N) is 1. The summed E-state index contributed by atoms with van der Waals surface area (Å²) in [5.74, 6) is 0. The van der Waals surface area contributed by atoms with Gasteiger partial charge in [-0.05, 0) is 66.2 Å². The highest BCUT2D eigenvalue weighted by atomic mass is 127. The van der Waals surface area contributed by atoms with E-state index in [4.69, 9.17) is 0 Å². The monoisotopic (exact) mass is 344 g/mol. The van der Waals surface area contributed by atoms with Crippen molar-refractivity contribution < 1.29 is 0 Å². The number of likely N-dealkylation sites (N-methyl/N-ethyl adjacent to an activating group) is 1. The van der Waals surface area contributed by atoms with Crippen LogP contribution in [0.3, 0.4) is 0 Å². The highest BCUT2D eigenvalue weighted by Crippen LogP contribution is 2.20. The Bertz CT molecular complexity index is 337. The van der Waals surface area contributed by atoms with Crippen LogP contribution in [0.2, 0.25) is 0 Å². The average molecular weight is 344 g/mol. The molecule has 1 saturated heterocycles. The van der Waals surface area contributed by atoms with Crippen LogP contribution in [0.15, 0.2) is 24.3 Å². The van der Waals surface area contributed by atoms with Crippen LogP contribution in [-0.4, -0.2) is 30.6 Å². The summed E-state index contributed by atoms with van der Waals surface area (Å²) >= 11 is 2.36. The van der Waals surface area contributed by atoms with E-state index >= 15 is 0 Å². The van der Waals surface area contributed by atoms with Crippen molar-refractivity contribution in [2.75, 3.05) is 19.6 Å². The van der Waals surface area contributed by atoms with Gasteiger partial charge in [0.2, 0.25) is 0 Å². The zero-order valence-electron chi connectivity index (χ0n) is 10.5. The number of hydrogen-bond acceptors (Lipinski definition) is 2. The van der Waals surface area contributed by atoms with Crippen LogP contribution in [-0.2, 0) is 6.54 Å². The highest BCUT2D eigenvalue weighted by molar-refractivity contribution is 14.1. The highest BCUT2D eigenvalue weighted by Gasteiger charge is 2.23. The molecule has 0 aliphatic carbocycles. The van der Waals surface area contributed by atoms with Gasteiger partial charge in [0, 0.05) is 22.7 Å². The molecule has 1 aromatic carbocycles. The van der Waals surface area contributed by atoms with Gasteiger partial charge in [-0.25, -0.2) is 0 Å². The molecule has 0 saturated carbocycles. The molecule has 0 bridgehead atoms. The first-order valence-electron chi connectivity index (χ1n) is 6.49. The van der Waals surface area contributed by atoms with Gasteiger partial charge >= 0.3 is 0 Å². The molecule has 2 rings (SSSR count). The van der Waals surface area contributed by atoms with E-state index in [-0.39, 0.29) is 0 Å². The van der Waals surface area contributed by atoms with Crippen LogP contribution in [0.4, 0.5) is 0 Å². The van der Waals surface area contributed by atoms with Crippen LogP contribution >= 0.6 is 22.6 Å². The standard InChI is InChI=1S/C14H21IN2/c1-2-16-10-14-4-3-9-17(14)11-12-5-7-13(15)8-6-12/h5-8,14,16H,2-4,9-11H2,1H3. The van der Waals surface area contributed by atoms with Gasteiger partial charge in [-0.15, -0.1) is 0 Å². The van der Waals surface area contributed by atoms with Crippen LogP contribution < -0.4 is 5.32 Å². The molecule has 0 aromatic heterocycles. The number of rotatable bonds is 5. The Morgan fingerprint density at radius 2 is 2.12 bits per heavy atom. The minimum absolute atomic E-state index is 0.731. The number of nitrogens with zero attached hydrogens (tertiary/aromatic N) is 1. The Morgan fingerprint density at radius 3 is 2.82 bits per heavy atom. The van der Waals surface area contributed by atoms with Crippen LogP contribution in [0, 0.1) is 3.57 Å². The molecule has 1 fully saturated rings. The molecular weight excluding hydrogens is 323 g/mol. The fraction of sp³-hybridized carbons (Fsp3) is 0.571. The van der Waals surface area contributed by atoms with Gasteiger partial charge in [0.1, 0.15) is 0 Å². The lowest BCUT2D eigenvalue weighted by molar-refractivity contribution is 0.240. The van der Waals surface area contributed by atoms with Gasteiger partial charge < -0.3 is 5.32 Å². The lowest BCUT2D eigenvalue weighted by Gasteiger charge is -2.24. The average Bonchev–Trinajstić information content (AvgIpc) is 2.77. The summed E-state index contributed by atoms with van der Waals surface area (Å²) in [5.41, 5.74) is 1.44. The second-order valence-electron chi connectivity index (χ2n) is 4.70. The topological polar surface area (TPSA) is 15.3 Å². The second-order valence-corrected chi connectivity index (χ2v) is 5.95. The van der Waals surface area contributed by atoms with Gasteiger partial charge in [0.15, 0.2) is 0 Å². The molecule has 94 valence electrons. The molecule has 1 unspecified atom stereocenters. The van der Waals surface area contributed by atoms with Crippen molar-refractivity contribution in [1.82, 2.24) is 10.2 Å². The van der Waals surface area contributed by atoms with Crippen LogP contribution in [0.25, 0.3) is 0 Å². The van der Waals surface area contributed by atoms with Crippen molar-refractivity contribution in [3.63, 3.8) is 0 Å². The Labute approximate surface area is 118 Å². The minimum atomic E-state index is 0.731. The summed E-state index contributed by atoms with van der Waals surface area (Å²) in [6.07, 6.45) is 2.69. The lowest BCUT2D eigenvalue weighted by Crippen LogP contribution is -2.37. The number of likely N-dealkylation sites (tertiary alicyclic amines) is 1. The van der Waals surface area contributed by atoms with Crippen molar-refractivity contribution >= 4 is 22.6 Å². The van der Waals surface area contributed by atoms with E-state index in [1.807, 2.05) is 0 Å². The van der Waals surface area contributed by atoms with Crippen LogP contribution in [0.1, 0.15) is 25.3 Å². The second kappa shape index (κ2) is 6.71. The number of benzene rings is 1. The van der Waals surface area contributed by atoms with E-state index < -0.39 is 0 Å². The Hall–Kier alpha value is -0.130. The van der Waals surface area contributed by atoms with E-state index in [1.165, 1.54) is 28.5 Å². The molecule has 1 heterocycles. The zero-order valence-corrected chi connectivity index (χ0v) is 12.6. The molecular formula is C14H21IN2. The SMILES string of the molecule is CCNCC1CCCN1Cc1ccc(I)cc1. The summed E-state index contributed by atoms with van der Waals surface area (Å²) in [4.78, 5) is 2.62. The molecule has 2 nitrogen and oxygen atoms in total. The molecule has 1 N–H and O–H groups in total. The fourth-order valence-corrected chi connectivity index (χ4v) is 2.83. The first-order chi connectivity index (χ1) is 8.29. The van der Waals surface area contributed by atoms with E-state index in [2.05, 4.69) is 64.0 Å². The van der Waals surface area contributed by atoms with E-state index in [1.54, 1.807) is 0 Å². The van der Waals surface area contributed by atoms with Crippen LogP contribution in [0.5, 0.6) is 0 Å². The molecule has 1 aromatic rings. The Morgan fingerprint density at radius 1 is 1.35 bits per heavy atom. The third kappa shape index (κ3) is 3.93. The molecule has 0 radical (unpaired) electrons. The van der Waals surface area contributed by atoms with Gasteiger partial charge in [0.05, 0.1) is 0 Å². The van der Waals surface area contributed by atoms with E-state index in [0.717, 1.165) is 25.7 Å². The molecule has 1 aliphatic rings. The zero-order chi connectivity index (χ0) is 12.1. The lowest BCUT2D eigenvalue weighted by atomic mass is 10.2. The predicted octanol–water partition coefficient (Wildman–Crippen LogP) is 2.87. The largest absolute Gasteiger partial charge is 0.315 e. The maximum atomic E-state index is 3.47. The molecule has 0 amide bonds. The van der Waals surface area contributed by atoms with Crippen molar-refractivity contribution in [3.8, 4) is 0 Å². The quantitative estimate of drug-likeness (QED) is 0.827.